The molecule has 6 heteroatoms. The van der Waals surface area contributed by atoms with Crippen LogP contribution in [0, 0.1) is 5.82 Å². The minimum atomic E-state index is -0.559. The largest absolute Gasteiger partial charge is 0.496 e. The molecule has 2 aromatic rings. The molecule has 0 heterocycles. The van der Waals surface area contributed by atoms with Crippen LogP contribution in [0.25, 0.3) is 0 Å². The Balaban J connectivity index is 2.56. The van der Waals surface area contributed by atoms with E-state index in [1.165, 1.54) is 0 Å². The molecule has 0 fully saturated rings. The summed E-state index contributed by atoms with van der Waals surface area (Å²) in [6.07, 6.45) is 0. The van der Waals surface area contributed by atoms with Crippen molar-refractivity contribution in [1.82, 2.24) is 5.43 Å². The van der Waals surface area contributed by atoms with Crippen LogP contribution in [-0.2, 0) is 0 Å². The second kappa shape index (κ2) is 6.54. The molecule has 3 nitrogen and oxygen atoms in total. The predicted octanol–water partition coefficient (Wildman–Crippen LogP) is 3.80. The van der Waals surface area contributed by atoms with Gasteiger partial charge in [0.2, 0.25) is 0 Å². The molecule has 0 radical (unpaired) electrons. The molecule has 0 bridgehead atoms. The van der Waals surface area contributed by atoms with E-state index in [9.17, 15) is 4.39 Å². The molecule has 20 heavy (non-hydrogen) atoms. The second-order valence-electron chi connectivity index (χ2n) is 4.11. The van der Waals surface area contributed by atoms with Crippen LogP contribution < -0.4 is 16.0 Å². The molecule has 2 rings (SSSR count). The smallest absolute Gasteiger partial charge is 0.148 e. The molecule has 0 saturated carbocycles. The fourth-order valence-electron chi connectivity index (χ4n) is 2.02. The van der Waals surface area contributed by atoms with Crippen molar-refractivity contribution in [2.24, 2.45) is 5.84 Å². The number of para-hydroxylation sites is 1. The van der Waals surface area contributed by atoms with Gasteiger partial charge in [-0.1, -0.05) is 35.9 Å². The monoisotopic (exact) mass is 358 g/mol. The topological polar surface area (TPSA) is 47.3 Å². The lowest BCUT2D eigenvalue weighted by molar-refractivity contribution is 0.403. The van der Waals surface area contributed by atoms with E-state index in [0.29, 0.717) is 15.8 Å². The first kappa shape index (κ1) is 15.3. The summed E-state index contributed by atoms with van der Waals surface area (Å²) in [6, 6.07) is 10.0. The lowest BCUT2D eigenvalue weighted by Gasteiger charge is -2.20. The first-order valence-electron chi connectivity index (χ1n) is 5.82. The number of hydrogen-bond acceptors (Lipinski definition) is 3. The summed E-state index contributed by atoms with van der Waals surface area (Å²) in [6.45, 7) is 0. The molecule has 0 amide bonds. The highest BCUT2D eigenvalue weighted by molar-refractivity contribution is 9.10. The molecule has 0 aliphatic heterocycles. The highest BCUT2D eigenvalue weighted by atomic mass is 79.9. The van der Waals surface area contributed by atoms with E-state index in [1.807, 2.05) is 18.2 Å². The van der Waals surface area contributed by atoms with E-state index in [1.54, 1.807) is 25.3 Å². The van der Waals surface area contributed by atoms with E-state index < -0.39 is 11.9 Å². The van der Waals surface area contributed by atoms with Crippen molar-refractivity contribution in [3.05, 3.63) is 62.8 Å². The summed E-state index contributed by atoms with van der Waals surface area (Å²) < 4.78 is 20.1. The van der Waals surface area contributed by atoms with E-state index in [2.05, 4.69) is 21.4 Å². The van der Waals surface area contributed by atoms with Crippen molar-refractivity contribution in [1.29, 1.82) is 0 Å². The van der Waals surface area contributed by atoms with Crippen LogP contribution in [0.4, 0.5) is 4.39 Å². The highest BCUT2D eigenvalue weighted by Gasteiger charge is 2.22. The lowest BCUT2D eigenvalue weighted by atomic mass is 9.98. The zero-order valence-electron chi connectivity index (χ0n) is 10.7. The number of halogens is 3. The summed E-state index contributed by atoms with van der Waals surface area (Å²) in [5.41, 5.74) is 3.69. The van der Waals surface area contributed by atoms with Gasteiger partial charge in [0.15, 0.2) is 0 Å². The van der Waals surface area contributed by atoms with Crippen molar-refractivity contribution in [2.75, 3.05) is 7.11 Å². The van der Waals surface area contributed by atoms with Gasteiger partial charge in [-0.15, -0.1) is 0 Å². The third kappa shape index (κ3) is 2.81. The maximum Gasteiger partial charge on any atom is 0.148 e. The maximum absolute atomic E-state index is 14.3. The van der Waals surface area contributed by atoms with Crippen LogP contribution in [0.3, 0.4) is 0 Å². The van der Waals surface area contributed by atoms with Crippen LogP contribution in [0.2, 0.25) is 5.02 Å². The summed E-state index contributed by atoms with van der Waals surface area (Å²) in [4.78, 5) is 0. The van der Waals surface area contributed by atoms with Gasteiger partial charge in [0.25, 0.3) is 0 Å². The van der Waals surface area contributed by atoms with Crippen LogP contribution in [0.15, 0.2) is 40.9 Å². The number of methoxy groups -OCH3 is 1. The average molecular weight is 360 g/mol. The molecular formula is C14H13BrClFN2O. The number of ether oxygens (including phenoxy) is 1. The molecule has 0 spiro atoms. The molecule has 0 aliphatic carbocycles. The van der Waals surface area contributed by atoms with Crippen molar-refractivity contribution in [3.63, 3.8) is 0 Å². The van der Waals surface area contributed by atoms with Crippen molar-refractivity contribution in [2.45, 2.75) is 6.04 Å². The van der Waals surface area contributed by atoms with Gasteiger partial charge in [0.05, 0.1) is 18.2 Å². The Morgan fingerprint density at radius 3 is 2.60 bits per heavy atom. The Morgan fingerprint density at radius 1 is 1.25 bits per heavy atom. The summed E-state index contributed by atoms with van der Waals surface area (Å²) in [7, 11) is 1.55. The number of rotatable bonds is 4. The Hall–Kier alpha value is -1.14. The third-order valence-electron chi connectivity index (χ3n) is 2.99. The van der Waals surface area contributed by atoms with Gasteiger partial charge in [-0.25, -0.2) is 9.82 Å². The van der Waals surface area contributed by atoms with Crippen LogP contribution in [0.5, 0.6) is 5.75 Å². The van der Waals surface area contributed by atoms with Crippen LogP contribution in [0.1, 0.15) is 17.2 Å². The first-order chi connectivity index (χ1) is 9.60. The number of hydrogen-bond donors (Lipinski definition) is 2. The minimum Gasteiger partial charge on any atom is -0.496 e. The zero-order chi connectivity index (χ0) is 14.7. The number of benzene rings is 2. The molecule has 1 atom stereocenters. The fraction of sp³-hybridized carbons (Fsp3) is 0.143. The molecule has 0 aliphatic rings. The molecule has 3 N–H and O–H groups in total. The minimum absolute atomic E-state index is 0.0256. The van der Waals surface area contributed by atoms with Gasteiger partial charge in [0.1, 0.15) is 11.6 Å². The quantitative estimate of drug-likeness (QED) is 0.496. The highest BCUT2D eigenvalue weighted by Crippen LogP contribution is 2.35. The van der Waals surface area contributed by atoms with Gasteiger partial charge < -0.3 is 4.74 Å². The number of nitrogens with two attached hydrogens (primary N) is 1. The third-order valence-corrected chi connectivity index (χ3v) is 4.25. The predicted molar refractivity (Wildman–Crippen MR) is 81.3 cm³/mol. The summed E-state index contributed by atoms with van der Waals surface area (Å²) in [5.74, 6) is 5.69. The summed E-state index contributed by atoms with van der Waals surface area (Å²) in [5, 5.41) is 0.0256. The van der Waals surface area contributed by atoms with Gasteiger partial charge >= 0.3 is 0 Å². The van der Waals surface area contributed by atoms with Crippen molar-refractivity contribution in [3.8, 4) is 5.75 Å². The first-order valence-corrected chi connectivity index (χ1v) is 6.99. The Kier molecular flexibility index (Phi) is 4.99. The van der Waals surface area contributed by atoms with Gasteiger partial charge in [-0.2, -0.15) is 0 Å². The number of nitrogens with one attached hydrogen (secondary N) is 1. The average Bonchev–Trinajstić information content (AvgIpc) is 2.48. The van der Waals surface area contributed by atoms with Gasteiger partial charge in [-0.05, 0) is 28.1 Å². The molecule has 0 aromatic heterocycles. The number of hydrazine groups is 1. The molecule has 106 valence electrons. The molecule has 1 unspecified atom stereocenters. The van der Waals surface area contributed by atoms with E-state index in [0.717, 1.165) is 5.56 Å². The van der Waals surface area contributed by atoms with Gasteiger partial charge in [0, 0.05) is 15.6 Å². The van der Waals surface area contributed by atoms with Gasteiger partial charge in [-0.3, -0.25) is 5.84 Å². The Bertz CT molecular complexity index is 624. The standard InChI is InChI=1S/C14H13BrClFN2O/c1-20-11-5-3-2-4-8(11)14(19-18)9-6-7-10(15)12(16)13(9)17/h2-7,14,19H,18H2,1H3. The Morgan fingerprint density at radius 2 is 1.95 bits per heavy atom. The van der Waals surface area contributed by atoms with E-state index in [4.69, 9.17) is 22.2 Å². The maximum atomic E-state index is 14.3. The second-order valence-corrected chi connectivity index (χ2v) is 5.34. The fourth-order valence-corrected chi connectivity index (χ4v) is 2.49. The van der Waals surface area contributed by atoms with Crippen molar-refractivity contribution < 1.29 is 9.13 Å². The van der Waals surface area contributed by atoms with E-state index in [-0.39, 0.29) is 5.02 Å². The van der Waals surface area contributed by atoms with Crippen LogP contribution in [-0.4, -0.2) is 7.11 Å². The summed E-state index contributed by atoms with van der Waals surface area (Å²) >= 11 is 9.11. The zero-order valence-corrected chi connectivity index (χ0v) is 13.0. The Labute approximate surface area is 130 Å². The normalized spacial score (nSPS) is 12.2. The lowest BCUT2D eigenvalue weighted by Crippen LogP contribution is -2.30. The molecule has 2 aromatic carbocycles. The molecule has 0 saturated heterocycles. The van der Waals surface area contributed by atoms with E-state index >= 15 is 0 Å². The molecular weight excluding hydrogens is 347 g/mol. The van der Waals surface area contributed by atoms with Crippen LogP contribution >= 0.6 is 27.5 Å². The van der Waals surface area contributed by atoms with Crippen molar-refractivity contribution >= 4 is 27.5 Å². The SMILES string of the molecule is COc1ccccc1C(NN)c1ccc(Br)c(Cl)c1F.